The van der Waals surface area contributed by atoms with E-state index in [1.165, 1.54) is 0 Å². The average Bonchev–Trinajstić information content (AvgIpc) is 2.65. The highest BCUT2D eigenvalue weighted by atomic mass is 16.5. The molecule has 0 spiro atoms. The van der Waals surface area contributed by atoms with Crippen LogP contribution >= 0.6 is 0 Å². The highest BCUT2D eigenvalue weighted by molar-refractivity contribution is 5.97. The van der Waals surface area contributed by atoms with Crippen LogP contribution in [0.1, 0.15) is 42.6 Å². The van der Waals surface area contributed by atoms with Crippen LogP contribution in [0.4, 0.5) is 0 Å². The third-order valence-corrected chi connectivity index (χ3v) is 3.44. The molecule has 0 bridgehead atoms. The molecule has 1 aromatic carbocycles. The van der Waals surface area contributed by atoms with Crippen molar-refractivity contribution in [3.05, 3.63) is 29.3 Å². The minimum atomic E-state index is -0.260. The van der Waals surface area contributed by atoms with E-state index in [9.17, 15) is 4.79 Å². The summed E-state index contributed by atoms with van der Waals surface area (Å²) in [5, 5.41) is 11.7. The van der Waals surface area contributed by atoms with Gasteiger partial charge in [-0.3, -0.25) is 4.79 Å². The minimum Gasteiger partial charge on any atom is -0.489 e. The molecular weight excluding hydrogens is 230 g/mol. The molecule has 0 saturated carbocycles. The fourth-order valence-electron chi connectivity index (χ4n) is 2.11. The number of nitrogens with one attached hydrogen (secondary N) is 1. The fourth-order valence-corrected chi connectivity index (χ4v) is 2.11. The maximum absolute atomic E-state index is 12.1. The quantitative estimate of drug-likeness (QED) is 0.857. The molecule has 1 amide bonds. The zero-order chi connectivity index (χ0) is 13.3. The number of benzene rings is 1. The van der Waals surface area contributed by atoms with E-state index >= 15 is 0 Å². The summed E-state index contributed by atoms with van der Waals surface area (Å²) in [5.41, 5.74) is 1.62. The molecule has 3 atom stereocenters. The van der Waals surface area contributed by atoms with Crippen molar-refractivity contribution in [1.82, 2.24) is 5.32 Å². The number of carbonyl (C=O) groups is 1. The molecule has 4 heteroatoms. The predicted molar refractivity (Wildman–Crippen MR) is 69.0 cm³/mol. The number of amides is 1. The van der Waals surface area contributed by atoms with Gasteiger partial charge in [-0.25, -0.2) is 0 Å². The lowest BCUT2D eigenvalue weighted by Gasteiger charge is -2.13. The normalized spacial score (nSPS) is 23.1. The Morgan fingerprint density at radius 3 is 2.89 bits per heavy atom. The van der Waals surface area contributed by atoms with Gasteiger partial charge < -0.3 is 15.2 Å². The molecule has 0 saturated heterocycles. The van der Waals surface area contributed by atoms with Crippen LogP contribution < -0.4 is 10.1 Å². The highest BCUT2D eigenvalue weighted by Crippen LogP contribution is 2.40. The lowest BCUT2D eigenvalue weighted by molar-refractivity contribution is 0.0917. The minimum absolute atomic E-state index is 0.0750. The number of hydrogen-bond acceptors (Lipinski definition) is 3. The van der Waals surface area contributed by atoms with Gasteiger partial charge in [0.05, 0.1) is 12.2 Å². The maximum atomic E-state index is 12.1. The third-order valence-electron chi connectivity index (χ3n) is 3.44. The topological polar surface area (TPSA) is 58.6 Å². The second-order valence-electron chi connectivity index (χ2n) is 4.89. The number of fused-ring (bicyclic) bond motifs is 1. The summed E-state index contributed by atoms with van der Waals surface area (Å²) in [4.78, 5) is 12.1. The standard InChI is InChI=1S/C14H19NO3/c1-8(7-16)15-14(17)12-6-4-5-11-9(2)10(3)18-13(11)12/h4-6,8-10,16H,7H2,1-3H3,(H,15,17)/t8-,9?,10?/m0/s1. The molecule has 98 valence electrons. The van der Waals surface area contributed by atoms with Crippen LogP contribution in [-0.2, 0) is 0 Å². The van der Waals surface area contributed by atoms with Gasteiger partial charge in [0.1, 0.15) is 11.9 Å². The van der Waals surface area contributed by atoms with Crippen LogP contribution in [0.3, 0.4) is 0 Å². The van der Waals surface area contributed by atoms with Gasteiger partial charge in [-0.2, -0.15) is 0 Å². The maximum Gasteiger partial charge on any atom is 0.255 e. The van der Waals surface area contributed by atoms with E-state index < -0.39 is 0 Å². The van der Waals surface area contributed by atoms with Crippen molar-refractivity contribution in [2.75, 3.05) is 6.61 Å². The highest BCUT2D eigenvalue weighted by Gasteiger charge is 2.31. The lowest BCUT2D eigenvalue weighted by atomic mass is 9.97. The van der Waals surface area contributed by atoms with Crippen molar-refractivity contribution in [2.45, 2.75) is 38.8 Å². The molecule has 1 aromatic rings. The largest absolute Gasteiger partial charge is 0.489 e. The summed E-state index contributed by atoms with van der Waals surface area (Å²) in [6.07, 6.45) is 0.0872. The van der Waals surface area contributed by atoms with Crippen LogP contribution in [-0.4, -0.2) is 29.8 Å². The van der Waals surface area contributed by atoms with Crippen molar-refractivity contribution in [3.8, 4) is 5.75 Å². The van der Waals surface area contributed by atoms with Gasteiger partial charge in [-0.15, -0.1) is 0 Å². The molecule has 0 aliphatic carbocycles. The number of aliphatic hydroxyl groups is 1. The van der Waals surface area contributed by atoms with Crippen molar-refractivity contribution in [1.29, 1.82) is 0 Å². The summed E-state index contributed by atoms with van der Waals surface area (Å²) < 4.78 is 5.76. The molecule has 1 aliphatic heterocycles. The van der Waals surface area contributed by atoms with Crippen LogP contribution in [0.5, 0.6) is 5.75 Å². The van der Waals surface area contributed by atoms with Gasteiger partial charge in [0.15, 0.2) is 0 Å². The Morgan fingerprint density at radius 2 is 2.22 bits per heavy atom. The van der Waals surface area contributed by atoms with E-state index in [0.717, 1.165) is 5.56 Å². The summed E-state index contributed by atoms with van der Waals surface area (Å²) >= 11 is 0. The molecule has 1 heterocycles. The van der Waals surface area contributed by atoms with Gasteiger partial charge in [-0.05, 0) is 19.9 Å². The van der Waals surface area contributed by atoms with Crippen molar-refractivity contribution >= 4 is 5.91 Å². The van der Waals surface area contributed by atoms with E-state index in [0.29, 0.717) is 17.2 Å². The van der Waals surface area contributed by atoms with Crippen molar-refractivity contribution in [2.24, 2.45) is 0 Å². The number of carbonyl (C=O) groups excluding carboxylic acids is 1. The fraction of sp³-hybridized carbons (Fsp3) is 0.500. The molecule has 2 unspecified atom stereocenters. The first-order valence-corrected chi connectivity index (χ1v) is 6.26. The molecule has 0 radical (unpaired) electrons. The van der Waals surface area contributed by atoms with Crippen LogP contribution in [0.15, 0.2) is 18.2 Å². The van der Waals surface area contributed by atoms with Crippen molar-refractivity contribution < 1.29 is 14.6 Å². The van der Waals surface area contributed by atoms with Gasteiger partial charge in [0, 0.05) is 17.5 Å². The Hall–Kier alpha value is -1.55. The Balaban J connectivity index is 2.28. The first-order chi connectivity index (χ1) is 8.54. The number of hydrogen-bond donors (Lipinski definition) is 2. The van der Waals surface area contributed by atoms with Crippen LogP contribution in [0, 0.1) is 0 Å². The smallest absolute Gasteiger partial charge is 0.255 e. The Kier molecular flexibility index (Phi) is 3.57. The summed E-state index contributed by atoms with van der Waals surface area (Å²) in [6, 6.07) is 5.36. The average molecular weight is 249 g/mol. The molecule has 2 rings (SSSR count). The molecule has 2 N–H and O–H groups in total. The Morgan fingerprint density at radius 1 is 1.50 bits per heavy atom. The Labute approximate surface area is 107 Å². The number of rotatable bonds is 3. The first kappa shape index (κ1) is 12.9. The van der Waals surface area contributed by atoms with Crippen LogP contribution in [0.2, 0.25) is 0 Å². The van der Waals surface area contributed by atoms with E-state index in [1.807, 2.05) is 19.1 Å². The second kappa shape index (κ2) is 4.98. The predicted octanol–water partition coefficient (Wildman–Crippen LogP) is 1.68. The van der Waals surface area contributed by atoms with Gasteiger partial charge >= 0.3 is 0 Å². The molecule has 4 nitrogen and oxygen atoms in total. The SMILES string of the molecule is CC1Oc2c(C(=O)N[C@@H](C)CO)cccc2C1C. The number of para-hydroxylation sites is 1. The second-order valence-corrected chi connectivity index (χ2v) is 4.89. The lowest BCUT2D eigenvalue weighted by Crippen LogP contribution is -2.35. The molecule has 0 fully saturated rings. The number of ether oxygens (including phenoxy) is 1. The molecule has 0 aromatic heterocycles. The molecule has 18 heavy (non-hydrogen) atoms. The summed E-state index contributed by atoms with van der Waals surface area (Å²) in [7, 11) is 0. The van der Waals surface area contributed by atoms with Crippen LogP contribution in [0.25, 0.3) is 0 Å². The van der Waals surface area contributed by atoms with E-state index in [-0.39, 0.29) is 24.7 Å². The van der Waals surface area contributed by atoms with Gasteiger partial charge in [0.25, 0.3) is 5.91 Å². The monoisotopic (exact) mass is 249 g/mol. The zero-order valence-corrected chi connectivity index (χ0v) is 10.9. The summed E-state index contributed by atoms with van der Waals surface area (Å²) in [6.45, 7) is 5.78. The third kappa shape index (κ3) is 2.20. The molecule has 1 aliphatic rings. The van der Waals surface area contributed by atoms with E-state index in [4.69, 9.17) is 9.84 Å². The zero-order valence-electron chi connectivity index (χ0n) is 10.9. The number of aliphatic hydroxyl groups excluding tert-OH is 1. The molecular formula is C14H19NO3. The van der Waals surface area contributed by atoms with Gasteiger partial charge in [-0.1, -0.05) is 19.1 Å². The Bertz CT molecular complexity index is 458. The van der Waals surface area contributed by atoms with E-state index in [2.05, 4.69) is 12.2 Å². The van der Waals surface area contributed by atoms with Gasteiger partial charge in [0.2, 0.25) is 0 Å². The van der Waals surface area contributed by atoms with Crippen molar-refractivity contribution in [3.63, 3.8) is 0 Å². The van der Waals surface area contributed by atoms with E-state index in [1.54, 1.807) is 13.0 Å². The first-order valence-electron chi connectivity index (χ1n) is 6.26. The summed E-state index contributed by atoms with van der Waals surface area (Å²) in [5.74, 6) is 0.776.